The normalized spacial score (nSPS) is 19.5. The van der Waals surface area contributed by atoms with Crippen molar-refractivity contribution in [3.05, 3.63) is 33.8 Å². The van der Waals surface area contributed by atoms with Gasteiger partial charge in [0.25, 0.3) is 5.91 Å². The molecule has 1 unspecified atom stereocenters. The summed E-state index contributed by atoms with van der Waals surface area (Å²) in [5, 5.41) is 3.09. The van der Waals surface area contributed by atoms with E-state index in [0.29, 0.717) is 19.7 Å². The number of ether oxygens (including phenoxy) is 1. The van der Waals surface area contributed by atoms with Crippen molar-refractivity contribution in [3.8, 4) is 0 Å². The van der Waals surface area contributed by atoms with Crippen LogP contribution in [0.1, 0.15) is 15.9 Å². The molecule has 1 aliphatic heterocycles. The molecule has 0 saturated carbocycles. The van der Waals surface area contributed by atoms with E-state index in [1.54, 1.807) is 0 Å². The van der Waals surface area contributed by atoms with E-state index in [-0.39, 0.29) is 12.0 Å². The van der Waals surface area contributed by atoms with E-state index in [4.69, 9.17) is 4.74 Å². The maximum atomic E-state index is 12.6. The highest BCUT2D eigenvalue weighted by Crippen LogP contribution is 2.21. The summed E-state index contributed by atoms with van der Waals surface area (Å²) in [4.78, 5) is 14.4. The van der Waals surface area contributed by atoms with Crippen molar-refractivity contribution in [3.63, 3.8) is 0 Å². The first-order valence-electron chi connectivity index (χ1n) is 6.44. The second-order valence-corrected chi connectivity index (χ2v) is 5.57. The minimum absolute atomic E-state index is 0.0789. The highest BCUT2D eigenvalue weighted by Gasteiger charge is 2.25. The van der Waals surface area contributed by atoms with Crippen LogP contribution in [-0.4, -0.2) is 50.2 Å². The van der Waals surface area contributed by atoms with Crippen molar-refractivity contribution in [2.24, 2.45) is 0 Å². The van der Waals surface area contributed by atoms with Crippen molar-refractivity contribution in [1.82, 2.24) is 10.2 Å². The van der Waals surface area contributed by atoms with E-state index in [0.717, 1.165) is 22.1 Å². The first-order valence-corrected chi connectivity index (χ1v) is 7.23. The van der Waals surface area contributed by atoms with Gasteiger partial charge in [-0.05, 0) is 31.7 Å². The number of halogens is 1. The zero-order valence-electron chi connectivity index (χ0n) is 11.3. The van der Waals surface area contributed by atoms with Crippen LogP contribution in [0, 0.1) is 6.92 Å². The number of carbonyl (C=O) groups is 1. The number of nitrogens with one attached hydrogen (secondary N) is 1. The molecule has 0 aliphatic carbocycles. The average molecular weight is 327 g/mol. The smallest absolute Gasteiger partial charge is 0.254 e. The molecule has 0 aromatic heterocycles. The first-order chi connectivity index (χ1) is 9.13. The molecule has 1 heterocycles. The van der Waals surface area contributed by atoms with Gasteiger partial charge in [0.2, 0.25) is 0 Å². The number of benzene rings is 1. The second-order valence-electron chi connectivity index (χ2n) is 4.71. The SMILES string of the molecule is CNCC1CN(C(=O)c2cccc(Br)c2C)CCO1. The van der Waals surface area contributed by atoms with Crippen LogP contribution in [-0.2, 0) is 4.74 Å². The molecule has 1 fully saturated rings. The van der Waals surface area contributed by atoms with Crippen LogP contribution in [0.25, 0.3) is 0 Å². The third-order valence-corrected chi connectivity index (χ3v) is 4.21. The molecule has 2 rings (SSSR count). The van der Waals surface area contributed by atoms with Gasteiger partial charge in [0.1, 0.15) is 0 Å². The molecular formula is C14H19BrN2O2. The molecule has 0 bridgehead atoms. The number of morpholine rings is 1. The van der Waals surface area contributed by atoms with Crippen LogP contribution in [0.2, 0.25) is 0 Å². The van der Waals surface area contributed by atoms with Gasteiger partial charge in [0.15, 0.2) is 0 Å². The Balaban J connectivity index is 2.12. The first kappa shape index (κ1) is 14.5. The Bertz CT molecular complexity index is 463. The molecular weight excluding hydrogens is 308 g/mol. The zero-order chi connectivity index (χ0) is 13.8. The van der Waals surface area contributed by atoms with E-state index in [1.165, 1.54) is 0 Å². The van der Waals surface area contributed by atoms with Crippen molar-refractivity contribution in [2.45, 2.75) is 13.0 Å². The van der Waals surface area contributed by atoms with Crippen molar-refractivity contribution in [2.75, 3.05) is 33.3 Å². The molecule has 1 N–H and O–H groups in total. The lowest BCUT2D eigenvalue weighted by Crippen LogP contribution is -2.48. The lowest BCUT2D eigenvalue weighted by atomic mass is 10.1. The monoisotopic (exact) mass is 326 g/mol. The molecule has 1 atom stereocenters. The fourth-order valence-corrected chi connectivity index (χ4v) is 2.63. The van der Waals surface area contributed by atoms with Crippen LogP contribution >= 0.6 is 15.9 Å². The Kier molecular flexibility index (Phi) is 4.96. The maximum Gasteiger partial charge on any atom is 0.254 e. The fraction of sp³-hybridized carbons (Fsp3) is 0.500. The minimum Gasteiger partial charge on any atom is -0.373 e. The Labute approximate surface area is 122 Å². The van der Waals surface area contributed by atoms with Crippen LogP contribution in [0.3, 0.4) is 0 Å². The topological polar surface area (TPSA) is 41.6 Å². The van der Waals surface area contributed by atoms with E-state index in [2.05, 4.69) is 21.2 Å². The number of likely N-dealkylation sites (N-methyl/N-ethyl adjacent to an activating group) is 1. The number of hydrogen-bond donors (Lipinski definition) is 1. The molecule has 1 aromatic rings. The van der Waals surface area contributed by atoms with Crippen molar-refractivity contribution >= 4 is 21.8 Å². The van der Waals surface area contributed by atoms with Crippen LogP contribution in [0.15, 0.2) is 22.7 Å². The van der Waals surface area contributed by atoms with Gasteiger partial charge in [-0.15, -0.1) is 0 Å². The van der Waals surface area contributed by atoms with E-state index >= 15 is 0 Å². The van der Waals surface area contributed by atoms with E-state index < -0.39 is 0 Å². The van der Waals surface area contributed by atoms with Crippen LogP contribution in [0.5, 0.6) is 0 Å². The molecule has 0 spiro atoms. The summed E-state index contributed by atoms with van der Waals surface area (Å²) >= 11 is 3.47. The van der Waals surface area contributed by atoms with Gasteiger partial charge in [0.05, 0.1) is 12.7 Å². The van der Waals surface area contributed by atoms with Gasteiger partial charge in [-0.3, -0.25) is 4.79 Å². The molecule has 0 radical (unpaired) electrons. The molecule has 1 aliphatic rings. The molecule has 4 nitrogen and oxygen atoms in total. The summed E-state index contributed by atoms with van der Waals surface area (Å²) in [7, 11) is 1.89. The van der Waals surface area contributed by atoms with E-state index in [1.807, 2.05) is 37.1 Å². The van der Waals surface area contributed by atoms with Crippen LogP contribution in [0.4, 0.5) is 0 Å². The summed E-state index contributed by atoms with van der Waals surface area (Å²) in [6, 6.07) is 5.73. The standard InChI is InChI=1S/C14H19BrN2O2/c1-10-12(4-3-5-13(10)15)14(18)17-6-7-19-11(9-17)8-16-2/h3-5,11,16H,6-9H2,1-2H3. The molecule has 1 amide bonds. The van der Waals surface area contributed by atoms with E-state index in [9.17, 15) is 4.79 Å². The van der Waals surface area contributed by atoms with Crippen molar-refractivity contribution < 1.29 is 9.53 Å². The quantitative estimate of drug-likeness (QED) is 0.921. The van der Waals surface area contributed by atoms with Gasteiger partial charge >= 0.3 is 0 Å². The summed E-state index contributed by atoms with van der Waals surface area (Å²) in [6.07, 6.45) is 0.0789. The lowest BCUT2D eigenvalue weighted by Gasteiger charge is -2.33. The Hall–Kier alpha value is -0.910. The second kappa shape index (κ2) is 6.50. The van der Waals surface area contributed by atoms with Crippen molar-refractivity contribution in [1.29, 1.82) is 0 Å². The minimum atomic E-state index is 0.0789. The number of rotatable bonds is 3. The van der Waals surface area contributed by atoms with Gasteiger partial charge in [0, 0.05) is 29.7 Å². The Morgan fingerprint density at radius 1 is 1.58 bits per heavy atom. The third-order valence-electron chi connectivity index (χ3n) is 3.36. The molecule has 1 saturated heterocycles. The van der Waals surface area contributed by atoms with Gasteiger partial charge < -0.3 is 15.0 Å². The van der Waals surface area contributed by atoms with Gasteiger partial charge in [-0.2, -0.15) is 0 Å². The average Bonchev–Trinajstić information content (AvgIpc) is 2.42. The van der Waals surface area contributed by atoms with Gasteiger partial charge in [-0.25, -0.2) is 0 Å². The number of nitrogens with zero attached hydrogens (tertiary/aromatic N) is 1. The highest BCUT2D eigenvalue weighted by molar-refractivity contribution is 9.10. The molecule has 5 heteroatoms. The number of hydrogen-bond acceptors (Lipinski definition) is 3. The fourth-order valence-electron chi connectivity index (χ4n) is 2.26. The molecule has 1 aromatic carbocycles. The van der Waals surface area contributed by atoms with Crippen LogP contribution < -0.4 is 5.32 Å². The summed E-state index contributed by atoms with van der Waals surface area (Å²) in [5.74, 6) is 0.0863. The summed E-state index contributed by atoms with van der Waals surface area (Å²) in [5.41, 5.74) is 1.75. The van der Waals surface area contributed by atoms with Gasteiger partial charge in [-0.1, -0.05) is 22.0 Å². The number of carbonyl (C=O) groups excluding carboxylic acids is 1. The zero-order valence-corrected chi connectivity index (χ0v) is 12.9. The predicted molar refractivity (Wildman–Crippen MR) is 78.4 cm³/mol. The lowest BCUT2D eigenvalue weighted by molar-refractivity contribution is -0.0196. The Morgan fingerprint density at radius 2 is 2.37 bits per heavy atom. The predicted octanol–water partition coefficient (Wildman–Crippen LogP) is 1.82. The highest BCUT2D eigenvalue weighted by atomic mass is 79.9. The maximum absolute atomic E-state index is 12.6. The molecule has 104 valence electrons. The summed E-state index contributed by atoms with van der Waals surface area (Å²) in [6.45, 7) is 4.63. The number of amides is 1. The summed E-state index contributed by atoms with van der Waals surface area (Å²) < 4.78 is 6.59. The molecule has 19 heavy (non-hydrogen) atoms. The largest absolute Gasteiger partial charge is 0.373 e. The third kappa shape index (κ3) is 3.35. The Morgan fingerprint density at radius 3 is 3.11 bits per heavy atom.